The number of benzene rings is 2. The quantitative estimate of drug-likeness (QED) is 0.654. The van der Waals surface area contributed by atoms with Crippen LogP contribution in [-0.4, -0.2) is 57.3 Å². The molecule has 2 saturated heterocycles. The van der Waals surface area contributed by atoms with Crippen LogP contribution >= 0.6 is 11.6 Å². The van der Waals surface area contributed by atoms with Crippen LogP contribution in [0, 0.1) is 0 Å². The van der Waals surface area contributed by atoms with Crippen molar-refractivity contribution in [2.45, 2.75) is 55.5 Å². The van der Waals surface area contributed by atoms with Crippen molar-refractivity contribution in [3.05, 3.63) is 58.6 Å². The minimum absolute atomic E-state index is 0.000997. The van der Waals surface area contributed by atoms with E-state index in [4.69, 9.17) is 16.3 Å². The molecule has 0 aromatic heterocycles. The molecule has 1 N–H and O–H groups in total. The molecule has 33 heavy (non-hydrogen) atoms. The van der Waals surface area contributed by atoms with Crippen LogP contribution in [-0.2, 0) is 9.84 Å². The highest BCUT2D eigenvalue weighted by Crippen LogP contribution is 2.37. The summed E-state index contributed by atoms with van der Waals surface area (Å²) in [6.07, 6.45) is 3.95. The molecule has 3 unspecified atom stereocenters. The third-order valence-corrected chi connectivity index (χ3v) is 9.05. The van der Waals surface area contributed by atoms with Gasteiger partial charge in [-0.05, 0) is 61.4 Å². The Balaban J connectivity index is 1.39. The van der Waals surface area contributed by atoms with Gasteiger partial charge in [0.15, 0.2) is 9.84 Å². The molecule has 2 heterocycles. The van der Waals surface area contributed by atoms with Gasteiger partial charge < -0.3 is 10.1 Å². The number of hydrogen-bond acceptors (Lipinski definition) is 5. The molecule has 0 spiro atoms. The third kappa shape index (κ3) is 5.20. The van der Waals surface area contributed by atoms with Crippen molar-refractivity contribution in [3.8, 4) is 5.75 Å². The van der Waals surface area contributed by atoms with E-state index in [0.29, 0.717) is 17.5 Å². The maximum atomic E-state index is 13.0. The molecule has 2 aromatic rings. The van der Waals surface area contributed by atoms with Crippen LogP contribution in [0.4, 0.5) is 0 Å². The number of rotatable bonds is 6. The molecule has 0 radical (unpaired) electrons. The fourth-order valence-corrected chi connectivity index (χ4v) is 6.27. The van der Waals surface area contributed by atoms with Crippen LogP contribution < -0.4 is 10.1 Å². The van der Waals surface area contributed by atoms with E-state index in [-0.39, 0.29) is 28.3 Å². The Bertz CT molecular complexity index is 1120. The zero-order valence-electron chi connectivity index (χ0n) is 19.1. The van der Waals surface area contributed by atoms with Crippen LogP contribution in [0.25, 0.3) is 0 Å². The minimum atomic E-state index is -3.37. The molecular formula is C25H31ClN2O4S. The molecular weight excluding hydrogens is 460 g/mol. The minimum Gasteiger partial charge on any atom is -0.496 e. The van der Waals surface area contributed by atoms with E-state index < -0.39 is 9.84 Å². The summed E-state index contributed by atoms with van der Waals surface area (Å²) < 4.78 is 29.7. The largest absolute Gasteiger partial charge is 0.496 e. The Labute approximate surface area is 201 Å². The van der Waals surface area contributed by atoms with Crippen molar-refractivity contribution in [1.29, 1.82) is 0 Å². The Kier molecular flexibility index (Phi) is 7.31. The fraction of sp³-hybridized carbons (Fsp3) is 0.480. The lowest BCUT2D eigenvalue weighted by atomic mass is 9.82. The van der Waals surface area contributed by atoms with E-state index >= 15 is 0 Å². The lowest BCUT2D eigenvalue weighted by Crippen LogP contribution is -2.52. The molecule has 6 nitrogen and oxygen atoms in total. The molecule has 0 bridgehead atoms. The van der Waals surface area contributed by atoms with E-state index in [1.54, 1.807) is 13.0 Å². The molecule has 2 aromatic carbocycles. The molecule has 2 aliphatic rings. The molecule has 0 saturated carbocycles. The Morgan fingerprint density at radius 2 is 1.97 bits per heavy atom. The van der Waals surface area contributed by atoms with Gasteiger partial charge in [-0.25, -0.2) is 8.42 Å². The van der Waals surface area contributed by atoms with E-state index in [0.717, 1.165) is 43.8 Å². The van der Waals surface area contributed by atoms with Gasteiger partial charge in [-0.1, -0.05) is 36.7 Å². The number of methoxy groups -OCH3 is 1. The summed E-state index contributed by atoms with van der Waals surface area (Å²) in [5.74, 6) is 0.498. The molecule has 4 rings (SSSR count). The van der Waals surface area contributed by atoms with Crippen LogP contribution in [0.15, 0.2) is 47.4 Å². The number of ether oxygens (including phenoxy) is 1. The summed E-state index contributed by atoms with van der Waals surface area (Å²) in [6.45, 7) is 3.52. The average Bonchev–Trinajstić information content (AvgIpc) is 2.83. The van der Waals surface area contributed by atoms with Gasteiger partial charge in [0.25, 0.3) is 5.91 Å². The molecule has 2 aliphatic heterocycles. The van der Waals surface area contributed by atoms with Crippen molar-refractivity contribution in [3.63, 3.8) is 0 Å². The van der Waals surface area contributed by atoms with Crippen molar-refractivity contribution in [2.24, 2.45) is 0 Å². The highest BCUT2D eigenvalue weighted by atomic mass is 35.5. The number of piperidine rings is 2. The third-order valence-electron chi connectivity index (χ3n) is 6.98. The van der Waals surface area contributed by atoms with Crippen molar-refractivity contribution in [1.82, 2.24) is 10.2 Å². The van der Waals surface area contributed by atoms with Crippen LogP contribution in [0.5, 0.6) is 5.75 Å². The number of hydrogen-bond donors (Lipinski definition) is 1. The zero-order chi connectivity index (χ0) is 23.6. The first-order chi connectivity index (χ1) is 15.8. The number of nitrogens with one attached hydrogen (secondary N) is 1. The SMILES string of the molecule is CCS(=O)(=O)c1ccc(C(=O)NC2CCN3CC(c4ccccc4Cl)CCC3C2)c(OC)c1. The second-order valence-electron chi connectivity index (χ2n) is 8.90. The molecule has 8 heteroatoms. The smallest absolute Gasteiger partial charge is 0.255 e. The summed E-state index contributed by atoms with van der Waals surface area (Å²) in [5, 5.41) is 3.99. The number of carbonyl (C=O) groups excluding carboxylic acids is 1. The average molecular weight is 491 g/mol. The maximum absolute atomic E-state index is 13.0. The summed E-state index contributed by atoms with van der Waals surface area (Å²) in [6, 6.07) is 13.1. The normalized spacial score (nSPS) is 23.5. The van der Waals surface area contributed by atoms with E-state index in [1.165, 1.54) is 24.8 Å². The Morgan fingerprint density at radius 3 is 2.70 bits per heavy atom. The Hall–Kier alpha value is -2.09. The number of nitrogens with zero attached hydrogens (tertiary/aromatic N) is 1. The molecule has 0 aliphatic carbocycles. The van der Waals surface area contributed by atoms with Gasteiger partial charge in [0.1, 0.15) is 5.75 Å². The van der Waals surface area contributed by atoms with E-state index in [1.807, 2.05) is 18.2 Å². The highest BCUT2D eigenvalue weighted by Gasteiger charge is 2.35. The van der Waals surface area contributed by atoms with E-state index in [9.17, 15) is 13.2 Å². The topological polar surface area (TPSA) is 75.7 Å². The van der Waals surface area contributed by atoms with Gasteiger partial charge >= 0.3 is 0 Å². The first-order valence-corrected chi connectivity index (χ1v) is 13.6. The number of carbonyl (C=O) groups is 1. The highest BCUT2D eigenvalue weighted by molar-refractivity contribution is 7.91. The second kappa shape index (κ2) is 10.0. The summed E-state index contributed by atoms with van der Waals surface area (Å²) in [4.78, 5) is 15.7. The van der Waals surface area contributed by atoms with Gasteiger partial charge in [0.05, 0.1) is 23.3 Å². The molecule has 1 amide bonds. The predicted molar refractivity (Wildman–Crippen MR) is 130 cm³/mol. The van der Waals surface area contributed by atoms with Crippen molar-refractivity contribution in [2.75, 3.05) is 26.0 Å². The van der Waals surface area contributed by atoms with Gasteiger partial charge in [-0.2, -0.15) is 0 Å². The van der Waals surface area contributed by atoms with E-state index in [2.05, 4.69) is 16.3 Å². The van der Waals surface area contributed by atoms with Crippen LogP contribution in [0.3, 0.4) is 0 Å². The summed E-state index contributed by atoms with van der Waals surface area (Å²) >= 11 is 6.43. The van der Waals surface area contributed by atoms with Gasteiger partial charge in [-0.3, -0.25) is 9.69 Å². The Morgan fingerprint density at radius 1 is 1.18 bits per heavy atom. The first-order valence-electron chi connectivity index (χ1n) is 11.5. The van der Waals surface area contributed by atoms with Gasteiger partial charge in [0.2, 0.25) is 0 Å². The van der Waals surface area contributed by atoms with Crippen molar-refractivity contribution < 1.29 is 17.9 Å². The second-order valence-corrected chi connectivity index (χ2v) is 11.6. The maximum Gasteiger partial charge on any atom is 0.255 e. The van der Waals surface area contributed by atoms with Gasteiger partial charge in [-0.15, -0.1) is 0 Å². The molecule has 2 fully saturated rings. The number of sulfone groups is 1. The van der Waals surface area contributed by atoms with Crippen molar-refractivity contribution >= 4 is 27.3 Å². The number of amides is 1. The summed E-state index contributed by atoms with van der Waals surface area (Å²) in [5.41, 5.74) is 1.59. The molecule has 178 valence electrons. The predicted octanol–water partition coefficient (Wildman–Crippen LogP) is 4.28. The number of halogens is 1. The monoisotopic (exact) mass is 490 g/mol. The number of fused-ring (bicyclic) bond motifs is 1. The summed E-state index contributed by atoms with van der Waals surface area (Å²) in [7, 11) is -1.92. The lowest BCUT2D eigenvalue weighted by molar-refractivity contribution is 0.0704. The molecule has 3 atom stereocenters. The van der Waals surface area contributed by atoms with Crippen LogP contribution in [0.2, 0.25) is 5.02 Å². The van der Waals surface area contributed by atoms with Gasteiger partial charge in [0, 0.05) is 30.2 Å². The fourth-order valence-electron chi connectivity index (χ4n) is 5.08. The lowest BCUT2D eigenvalue weighted by Gasteiger charge is -2.45. The van der Waals surface area contributed by atoms with Crippen LogP contribution in [0.1, 0.15) is 54.4 Å². The zero-order valence-corrected chi connectivity index (χ0v) is 20.7. The standard InChI is InChI=1S/C25H31ClN2O4S/c1-3-33(30,31)20-10-11-22(24(15-20)32-2)25(29)27-18-12-13-28-16-17(8-9-19(28)14-18)21-6-4-5-7-23(21)26/h4-7,10-11,15,17-19H,3,8-9,12-14,16H2,1-2H3,(H,27,29). The first kappa shape index (κ1) is 24.0.